The molecule has 0 heterocycles. The average Bonchev–Trinajstić information content (AvgIpc) is 2.61. The molecule has 0 amide bonds. The average molecular weight is 309 g/mol. The molecule has 0 N–H and O–H groups in total. The van der Waals surface area contributed by atoms with Gasteiger partial charge >= 0.3 is 0 Å². The van der Waals surface area contributed by atoms with Gasteiger partial charge in [-0.25, -0.2) is 0 Å². The number of unbranched alkanes of at least 4 members (excludes halogenated alkanes) is 1. The molecule has 0 aromatic heterocycles. The Balaban J connectivity index is 1.44. The SMILES string of the molecule is N#Cc1ccc(COCCCCOCCc2ccccc2)cc1. The van der Waals surface area contributed by atoms with Gasteiger partial charge in [-0.1, -0.05) is 42.5 Å². The Morgan fingerprint density at radius 1 is 0.739 bits per heavy atom. The first kappa shape index (κ1) is 17.2. The maximum atomic E-state index is 8.73. The third-order valence-corrected chi connectivity index (χ3v) is 3.56. The van der Waals surface area contributed by atoms with Gasteiger partial charge in [0, 0.05) is 13.2 Å². The van der Waals surface area contributed by atoms with Crippen LogP contribution in [0.4, 0.5) is 0 Å². The number of nitriles is 1. The van der Waals surface area contributed by atoms with E-state index in [4.69, 9.17) is 14.7 Å². The van der Waals surface area contributed by atoms with E-state index in [2.05, 4.69) is 30.3 Å². The van der Waals surface area contributed by atoms with Crippen LogP contribution >= 0.6 is 0 Å². The second-order valence-electron chi connectivity index (χ2n) is 5.42. The van der Waals surface area contributed by atoms with Crippen molar-refractivity contribution >= 4 is 0 Å². The second-order valence-corrected chi connectivity index (χ2v) is 5.42. The first-order valence-electron chi connectivity index (χ1n) is 8.07. The number of rotatable bonds is 10. The molecule has 23 heavy (non-hydrogen) atoms. The fourth-order valence-corrected chi connectivity index (χ4v) is 2.21. The van der Waals surface area contributed by atoms with Crippen molar-refractivity contribution < 1.29 is 9.47 Å². The molecule has 0 saturated heterocycles. The summed E-state index contributed by atoms with van der Waals surface area (Å²) >= 11 is 0. The molecule has 0 aliphatic heterocycles. The molecule has 2 aromatic carbocycles. The highest BCUT2D eigenvalue weighted by atomic mass is 16.5. The summed E-state index contributed by atoms with van der Waals surface area (Å²) in [5, 5.41) is 8.73. The minimum atomic E-state index is 0.598. The monoisotopic (exact) mass is 309 g/mol. The van der Waals surface area contributed by atoms with E-state index in [1.54, 1.807) is 0 Å². The van der Waals surface area contributed by atoms with Gasteiger partial charge in [-0.15, -0.1) is 0 Å². The Kier molecular flexibility index (Phi) is 7.90. The number of ether oxygens (including phenoxy) is 2. The van der Waals surface area contributed by atoms with E-state index in [1.165, 1.54) is 5.56 Å². The Bertz CT molecular complexity index is 587. The van der Waals surface area contributed by atoms with Crippen LogP contribution in [0.5, 0.6) is 0 Å². The molecule has 0 aliphatic carbocycles. The second kappa shape index (κ2) is 10.6. The van der Waals surface area contributed by atoms with Crippen LogP contribution in [0.15, 0.2) is 54.6 Å². The van der Waals surface area contributed by atoms with Gasteiger partial charge in [0.1, 0.15) is 0 Å². The summed E-state index contributed by atoms with van der Waals surface area (Å²) in [4.78, 5) is 0. The standard InChI is InChI=1S/C20H23NO2/c21-16-19-8-10-20(11-9-19)17-23-14-5-4-13-22-15-12-18-6-2-1-3-7-18/h1-3,6-11H,4-5,12-15,17H2. The lowest BCUT2D eigenvalue weighted by Gasteiger charge is -2.06. The summed E-state index contributed by atoms with van der Waals surface area (Å²) in [6, 6.07) is 20.0. The van der Waals surface area contributed by atoms with Gasteiger partial charge in [0.15, 0.2) is 0 Å². The van der Waals surface area contributed by atoms with Crippen molar-refractivity contribution in [1.82, 2.24) is 0 Å². The van der Waals surface area contributed by atoms with E-state index in [0.717, 1.165) is 44.6 Å². The van der Waals surface area contributed by atoms with Crippen molar-refractivity contribution in [2.75, 3.05) is 19.8 Å². The van der Waals surface area contributed by atoms with Crippen molar-refractivity contribution in [3.63, 3.8) is 0 Å². The quantitative estimate of drug-likeness (QED) is 0.620. The Morgan fingerprint density at radius 2 is 1.43 bits per heavy atom. The highest BCUT2D eigenvalue weighted by Crippen LogP contribution is 2.05. The molecule has 120 valence electrons. The molecule has 0 bridgehead atoms. The number of nitrogens with zero attached hydrogens (tertiary/aromatic N) is 1. The van der Waals surface area contributed by atoms with E-state index in [0.29, 0.717) is 12.2 Å². The van der Waals surface area contributed by atoms with Crippen molar-refractivity contribution in [3.8, 4) is 6.07 Å². The first-order valence-corrected chi connectivity index (χ1v) is 8.07. The van der Waals surface area contributed by atoms with Crippen LogP contribution in [0, 0.1) is 11.3 Å². The molecule has 0 atom stereocenters. The Morgan fingerprint density at radius 3 is 2.13 bits per heavy atom. The molecule has 3 nitrogen and oxygen atoms in total. The van der Waals surface area contributed by atoms with Gasteiger partial charge in [0.05, 0.1) is 24.8 Å². The minimum Gasteiger partial charge on any atom is -0.381 e. The van der Waals surface area contributed by atoms with Crippen LogP contribution in [-0.2, 0) is 22.5 Å². The smallest absolute Gasteiger partial charge is 0.0991 e. The molecule has 0 radical (unpaired) electrons. The third kappa shape index (κ3) is 7.10. The summed E-state index contributed by atoms with van der Waals surface area (Å²) in [5.41, 5.74) is 3.10. The number of benzene rings is 2. The van der Waals surface area contributed by atoms with Crippen molar-refractivity contribution in [2.45, 2.75) is 25.9 Å². The van der Waals surface area contributed by atoms with Gasteiger partial charge < -0.3 is 9.47 Å². The molecule has 0 aliphatic rings. The van der Waals surface area contributed by atoms with Crippen molar-refractivity contribution in [2.24, 2.45) is 0 Å². The summed E-state index contributed by atoms with van der Waals surface area (Å²) in [6.07, 6.45) is 2.99. The van der Waals surface area contributed by atoms with Gasteiger partial charge in [0.2, 0.25) is 0 Å². The van der Waals surface area contributed by atoms with Gasteiger partial charge in [-0.2, -0.15) is 5.26 Å². The molecule has 0 fully saturated rings. The molecular weight excluding hydrogens is 286 g/mol. The van der Waals surface area contributed by atoms with Gasteiger partial charge in [0.25, 0.3) is 0 Å². The molecule has 3 heteroatoms. The highest BCUT2D eigenvalue weighted by molar-refractivity contribution is 5.31. The van der Waals surface area contributed by atoms with Gasteiger partial charge in [-0.3, -0.25) is 0 Å². The molecule has 2 aromatic rings. The third-order valence-electron chi connectivity index (χ3n) is 3.56. The first-order chi connectivity index (χ1) is 11.4. The summed E-state index contributed by atoms with van der Waals surface area (Å²) in [6.45, 7) is 2.89. The lowest BCUT2D eigenvalue weighted by atomic mass is 10.2. The van der Waals surface area contributed by atoms with Crippen LogP contribution in [0.2, 0.25) is 0 Å². The van der Waals surface area contributed by atoms with Crippen molar-refractivity contribution in [1.29, 1.82) is 5.26 Å². The van der Waals surface area contributed by atoms with Gasteiger partial charge in [-0.05, 0) is 42.5 Å². The summed E-state index contributed by atoms with van der Waals surface area (Å²) in [5.74, 6) is 0. The Hall–Kier alpha value is -2.15. The van der Waals surface area contributed by atoms with Crippen LogP contribution in [0.25, 0.3) is 0 Å². The van der Waals surface area contributed by atoms with Crippen molar-refractivity contribution in [3.05, 3.63) is 71.3 Å². The van der Waals surface area contributed by atoms with Crippen LogP contribution in [0.3, 0.4) is 0 Å². The normalized spacial score (nSPS) is 10.4. The largest absolute Gasteiger partial charge is 0.381 e. The summed E-state index contributed by atoms with van der Waals surface area (Å²) < 4.78 is 11.3. The maximum absolute atomic E-state index is 8.73. The number of hydrogen-bond acceptors (Lipinski definition) is 3. The van der Waals surface area contributed by atoms with Crippen LogP contribution in [-0.4, -0.2) is 19.8 Å². The lowest BCUT2D eigenvalue weighted by Crippen LogP contribution is -2.02. The fraction of sp³-hybridized carbons (Fsp3) is 0.350. The zero-order valence-corrected chi connectivity index (χ0v) is 13.4. The minimum absolute atomic E-state index is 0.598. The fourth-order valence-electron chi connectivity index (χ4n) is 2.21. The summed E-state index contributed by atoms with van der Waals surface area (Å²) in [7, 11) is 0. The molecule has 2 rings (SSSR count). The predicted octanol–water partition coefficient (Wildman–Crippen LogP) is 4.11. The molecular formula is C20H23NO2. The Labute approximate surface area is 138 Å². The molecule has 0 spiro atoms. The zero-order valence-electron chi connectivity index (χ0n) is 13.4. The van der Waals surface area contributed by atoms with E-state index < -0.39 is 0 Å². The molecule has 0 saturated carbocycles. The van der Waals surface area contributed by atoms with Crippen LogP contribution < -0.4 is 0 Å². The van der Waals surface area contributed by atoms with E-state index in [9.17, 15) is 0 Å². The van der Waals surface area contributed by atoms with E-state index in [1.807, 2.05) is 30.3 Å². The topological polar surface area (TPSA) is 42.2 Å². The maximum Gasteiger partial charge on any atom is 0.0991 e. The highest BCUT2D eigenvalue weighted by Gasteiger charge is 1.96. The lowest BCUT2D eigenvalue weighted by molar-refractivity contribution is 0.0965. The zero-order chi connectivity index (χ0) is 16.2. The van der Waals surface area contributed by atoms with E-state index in [-0.39, 0.29) is 0 Å². The molecule has 0 unspecified atom stereocenters. The predicted molar refractivity (Wildman–Crippen MR) is 91.0 cm³/mol. The van der Waals surface area contributed by atoms with E-state index >= 15 is 0 Å². The number of hydrogen-bond donors (Lipinski definition) is 0. The van der Waals surface area contributed by atoms with Crippen LogP contribution in [0.1, 0.15) is 29.5 Å².